The van der Waals surface area contributed by atoms with E-state index in [4.69, 9.17) is 5.11 Å². The molecule has 146 valence electrons. The molecule has 0 radical (unpaired) electrons. The zero-order chi connectivity index (χ0) is 19.2. The fraction of sp³-hybridized carbons (Fsp3) is 0.810. The highest BCUT2D eigenvalue weighted by Gasteiger charge is 2.41. The van der Waals surface area contributed by atoms with Gasteiger partial charge in [-0.2, -0.15) is 0 Å². The molecule has 2 aliphatic rings. The predicted octanol–water partition coefficient (Wildman–Crippen LogP) is 2.92. The number of carboxylic acids is 1. The molecule has 5 nitrogen and oxygen atoms in total. The van der Waals surface area contributed by atoms with Gasteiger partial charge in [-0.1, -0.05) is 19.8 Å². The third kappa shape index (κ3) is 5.56. The van der Waals surface area contributed by atoms with Gasteiger partial charge in [-0.15, -0.1) is 11.8 Å². The molecule has 0 aromatic carbocycles. The Morgan fingerprint density at radius 3 is 2.65 bits per heavy atom. The van der Waals surface area contributed by atoms with E-state index in [0.717, 1.165) is 32.1 Å². The van der Waals surface area contributed by atoms with Crippen molar-refractivity contribution in [3.63, 3.8) is 0 Å². The van der Waals surface area contributed by atoms with Crippen LogP contribution in [0.15, 0.2) is 0 Å². The Bertz CT molecular complexity index is 554. The zero-order valence-corrected chi connectivity index (χ0v) is 15.7. The number of Topliss-reactive ketones (excluding diaryl/α,β-unsaturated/α-hetero) is 1. The summed E-state index contributed by atoms with van der Waals surface area (Å²) in [6.07, 6.45) is 6.53. The van der Waals surface area contributed by atoms with Gasteiger partial charge in [-0.05, 0) is 43.4 Å². The Balaban J connectivity index is 1.76. The first-order chi connectivity index (χ1) is 12.3. The number of ketones is 1. The van der Waals surface area contributed by atoms with E-state index in [1.807, 2.05) is 0 Å². The second-order valence-corrected chi connectivity index (χ2v) is 8.27. The van der Waals surface area contributed by atoms with Gasteiger partial charge in [-0.25, -0.2) is 0 Å². The van der Waals surface area contributed by atoms with Gasteiger partial charge in [0.15, 0.2) is 0 Å². The van der Waals surface area contributed by atoms with E-state index in [1.165, 1.54) is 6.42 Å². The average Bonchev–Trinajstić information content (AvgIpc) is 2.81. The number of carboxylic acid groups (broad SMARTS) is 1. The van der Waals surface area contributed by atoms with E-state index in [-0.39, 0.29) is 42.0 Å². The number of carbonyl (C=O) groups is 2. The normalized spacial score (nSPS) is 28.1. The molecule has 5 heteroatoms. The molecule has 26 heavy (non-hydrogen) atoms. The molecule has 2 fully saturated rings. The Hall–Kier alpha value is -1.38. The molecule has 2 saturated carbocycles. The van der Waals surface area contributed by atoms with Crippen LogP contribution < -0.4 is 0 Å². The van der Waals surface area contributed by atoms with Crippen LogP contribution in [0.25, 0.3) is 0 Å². The minimum atomic E-state index is -0.820. The summed E-state index contributed by atoms with van der Waals surface area (Å²) in [5.74, 6) is 4.90. The SMILES string of the molecule is CC1(C(O)CCC[C@H]2[C@H](O)CC(=O)[C@@H]2CC#CCCCC(=O)O)CCC1. The highest BCUT2D eigenvalue weighted by molar-refractivity contribution is 5.84. The lowest BCUT2D eigenvalue weighted by Crippen LogP contribution is -2.38. The van der Waals surface area contributed by atoms with E-state index >= 15 is 0 Å². The molecule has 0 spiro atoms. The molecule has 0 aliphatic heterocycles. The summed E-state index contributed by atoms with van der Waals surface area (Å²) < 4.78 is 0. The van der Waals surface area contributed by atoms with Crippen LogP contribution in [0.2, 0.25) is 0 Å². The molecule has 4 atom stereocenters. The van der Waals surface area contributed by atoms with Crippen LogP contribution in [-0.2, 0) is 9.59 Å². The third-order valence-electron chi connectivity index (χ3n) is 6.29. The van der Waals surface area contributed by atoms with Crippen molar-refractivity contribution >= 4 is 11.8 Å². The molecule has 3 N–H and O–H groups in total. The first-order valence-corrected chi connectivity index (χ1v) is 9.90. The van der Waals surface area contributed by atoms with Crippen molar-refractivity contribution in [1.29, 1.82) is 0 Å². The van der Waals surface area contributed by atoms with Gasteiger partial charge in [0.1, 0.15) is 5.78 Å². The van der Waals surface area contributed by atoms with Crippen molar-refractivity contribution < 1.29 is 24.9 Å². The van der Waals surface area contributed by atoms with Crippen molar-refractivity contribution in [3.05, 3.63) is 0 Å². The van der Waals surface area contributed by atoms with Crippen molar-refractivity contribution in [2.75, 3.05) is 0 Å². The number of carbonyl (C=O) groups excluding carboxylic acids is 1. The minimum absolute atomic E-state index is 0.0605. The van der Waals surface area contributed by atoms with E-state index in [2.05, 4.69) is 18.8 Å². The maximum atomic E-state index is 12.2. The van der Waals surface area contributed by atoms with E-state index in [1.54, 1.807) is 0 Å². The topological polar surface area (TPSA) is 94.8 Å². The van der Waals surface area contributed by atoms with Crippen molar-refractivity contribution in [2.45, 2.75) is 89.8 Å². The molecule has 2 rings (SSSR count). The number of unbranched alkanes of at least 4 members (excludes halogenated alkanes) is 1. The summed E-state index contributed by atoms with van der Waals surface area (Å²) >= 11 is 0. The van der Waals surface area contributed by atoms with Gasteiger partial charge in [0, 0.05) is 31.6 Å². The van der Waals surface area contributed by atoms with E-state index in [0.29, 0.717) is 19.3 Å². The van der Waals surface area contributed by atoms with Crippen LogP contribution in [0.4, 0.5) is 0 Å². The monoisotopic (exact) mass is 364 g/mol. The molecule has 1 unspecified atom stereocenters. The largest absolute Gasteiger partial charge is 0.481 e. The number of rotatable bonds is 9. The summed E-state index contributed by atoms with van der Waals surface area (Å²) in [4.78, 5) is 22.6. The lowest BCUT2D eigenvalue weighted by Gasteiger charge is -2.42. The highest BCUT2D eigenvalue weighted by atomic mass is 16.4. The Labute approximate surface area is 156 Å². The molecule has 0 aromatic heterocycles. The van der Waals surface area contributed by atoms with Crippen molar-refractivity contribution in [1.82, 2.24) is 0 Å². The van der Waals surface area contributed by atoms with E-state index < -0.39 is 12.1 Å². The highest BCUT2D eigenvalue weighted by Crippen LogP contribution is 2.45. The Morgan fingerprint density at radius 1 is 1.31 bits per heavy atom. The standard InChI is InChI=1S/C21H32O5/c1-21(12-7-13-21)19(24)10-6-9-16-15(17(22)14-18(16)23)8-4-2-3-5-11-20(25)26/h15-16,18-19,23-24H,3,5-14H2,1H3,(H,25,26)/t15-,16-,18-,19?/m1/s1. The second kappa shape index (κ2) is 9.53. The maximum Gasteiger partial charge on any atom is 0.303 e. The van der Waals surface area contributed by atoms with Crippen LogP contribution in [-0.4, -0.2) is 39.3 Å². The van der Waals surface area contributed by atoms with Crippen LogP contribution in [0.1, 0.15) is 77.6 Å². The second-order valence-electron chi connectivity index (χ2n) is 8.27. The third-order valence-corrected chi connectivity index (χ3v) is 6.29. The molecule has 0 aromatic rings. The molecular weight excluding hydrogens is 332 g/mol. The number of aliphatic hydroxyl groups is 2. The van der Waals surface area contributed by atoms with Crippen LogP contribution >= 0.6 is 0 Å². The lowest BCUT2D eigenvalue weighted by atomic mass is 9.65. The van der Waals surface area contributed by atoms with Crippen LogP contribution in [0.5, 0.6) is 0 Å². The minimum Gasteiger partial charge on any atom is -0.481 e. The number of aliphatic hydroxyl groups excluding tert-OH is 2. The summed E-state index contributed by atoms with van der Waals surface area (Å²) in [5.41, 5.74) is 0.0605. The predicted molar refractivity (Wildman–Crippen MR) is 98.3 cm³/mol. The zero-order valence-electron chi connectivity index (χ0n) is 15.7. The van der Waals surface area contributed by atoms with Gasteiger partial charge < -0.3 is 15.3 Å². The fourth-order valence-electron chi connectivity index (χ4n) is 4.24. The molecular formula is C21H32O5. The van der Waals surface area contributed by atoms with Crippen molar-refractivity contribution in [2.24, 2.45) is 17.3 Å². The molecule has 0 saturated heterocycles. The van der Waals surface area contributed by atoms with Gasteiger partial charge in [0.2, 0.25) is 0 Å². The molecule has 2 aliphatic carbocycles. The van der Waals surface area contributed by atoms with Crippen LogP contribution in [0, 0.1) is 29.1 Å². The number of hydrogen-bond donors (Lipinski definition) is 3. The number of hydrogen-bond acceptors (Lipinski definition) is 4. The average molecular weight is 364 g/mol. The molecule has 0 amide bonds. The van der Waals surface area contributed by atoms with Gasteiger partial charge in [-0.3, -0.25) is 9.59 Å². The number of aliphatic carboxylic acids is 1. The first kappa shape index (κ1) is 20.9. The lowest BCUT2D eigenvalue weighted by molar-refractivity contribution is -0.137. The Kier molecular flexibility index (Phi) is 7.67. The first-order valence-electron chi connectivity index (χ1n) is 9.90. The summed E-state index contributed by atoms with van der Waals surface area (Å²) in [7, 11) is 0. The summed E-state index contributed by atoms with van der Waals surface area (Å²) in [5, 5.41) is 29.2. The van der Waals surface area contributed by atoms with Crippen LogP contribution in [0.3, 0.4) is 0 Å². The van der Waals surface area contributed by atoms with Gasteiger partial charge in [0.25, 0.3) is 0 Å². The summed E-state index contributed by atoms with van der Waals surface area (Å²) in [6, 6.07) is 0. The van der Waals surface area contributed by atoms with E-state index in [9.17, 15) is 19.8 Å². The molecule has 0 bridgehead atoms. The Morgan fingerprint density at radius 2 is 2.04 bits per heavy atom. The molecule has 0 heterocycles. The van der Waals surface area contributed by atoms with Gasteiger partial charge in [0.05, 0.1) is 12.2 Å². The summed E-state index contributed by atoms with van der Waals surface area (Å²) in [6.45, 7) is 2.14. The smallest absolute Gasteiger partial charge is 0.303 e. The quantitative estimate of drug-likeness (QED) is 0.432. The van der Waals surface area contributed by atoms with Gasteiger partial charge >= 0.3 is 5.97 Å². The van der Waals surface area contributed by atoms with Crippen molar-refractivity contribution in [3.8, 4) is 11.8 Å². The maximum absolute atomic E-state index is 12.2. The fourth-order valence-corrected chi connectivity index (χ4v) is 4.24.